The zero-order chi connectivity index (χ0) is 12.3. The Morgan fingerprint density at radius 3 is 2.62 bits per heavy atom. The van der Waals surface area contributed by atoms with E-state index in [0.717, 1.165) is 5.56 Å². The molecule has 0 aromatic heterocycles. The summed E-state index contributed by atoms with van der Waals surface area (Å²) in [5.41, 5.74) is 6.36. The van der Waals surface area contributed by atoms with Gasteiger partial charge in [0, 0.05) is 6.54 Å². The SMILES string of the molecule is COC(=O)c1ccc(C(C)(O)CN)cc1C. The van der Waals surface area contributed by atoms with E-state index in [9.17, 15) is 9.90 Å². The lowest BCUT2D eigenvalue weighted by Gasteiger charge is -2.22. The lowest BCUT2D eigenvalue weighted by molar-refractivity contribution is 0.0594. The number of aryl methyl sites for hydroxylation is 1. The number of hydrogen-bond donors (Lipinski definition) is 2. The van der Waals surface area contributed by atoms with Crippen molar-refractivity contribution in [1.82, 2.24) is 0 Å². The molecule has 0 heterocycles. The van der Waals surface area contributed by atoms with E-state index >= 15 is 0 Å². The highest BCUT2D eigenvalue weighted by Gasteiger charge is 2.22. The molecule has 4 heteroatoms. The van der Waals surface area contributed by atoms with E-state index in [1.165, 1.54) is 7.11 Å². The number of hydrogen-bond acceptors (Lipinski definition) is 4. The maximum atomic E-state index is 11.4. The van der Waals surface area contributed by atoms with Crippen LogP contribution in [-0.2, 0) is 10.3 Å². The summed E-state index contributed by atoms with van der Waals surface area (Å²) in [6.45, 7) is 3.56. The Hall–Kier alpha value is -1.39. The van der Waals surface area contributed by atoms with Crippen LogP contribution in [-0.4, -0.2) is 24.7 Å². The summed E-state index contributed by atoms with van der Waals surface area (Å²) in [6.07, 6.45) is 0. The molecule has 0 spiro atoms. The van der Waals surface area contributed by atoms with Gasteiger partial charge in [0.05, 0.1) is 18.3 Å². The second-order valence-corrected chi connectivity index (χ2v) is 4.00. The predicted octanol–water partition coefficient (Wildman–Crippen LogP) is 0.948. The van der Waals surface area contributed by atoms with Crippen LogP contribution in [0, 0.1) is 6.92 Å². The van der Waals surface area contributed by atoms with Crippen molar-refractivity contribution >= 4 is 5.97 Å². The van der Waals surface area contributed by atoms with Gasteiger partial charge in [-0.2, -0.15) is 0 Å². The van der Waals surface area contributed by atoms with E-state index < -0.39 is 5.60 Å². The fourth-order valence-electron chi connectivity index (χ4n) is 1.46. The smallest absolute Gasteiger partial charge is 0.338 e. The monoisotopic (exact) mass is 223 g/mol. The van der Waals surface area contributed by atoms with Crippen molar-refractivity contribution in [2.24, 2.45) is 5.73 Å². The van der Waals surface area contributed by atoms with Crippen LogP contribution >= 0.6 is 0 Å². The number of carbonyl (C=O) groups excluding carboxylic acids is 1. The van der Waals surface area contributed by atoms with Crippen LogP contribution < -0.4 is 5.73 Å². The molecule has 1 unspecified atom stereocenters. The average Bonchev–Trinajstić information content (AvgIpc) is 2.28. The van der Waals surface area contributed by atoms with Crippen molar-refractivity contribution in [2.45, 2.75) is 19.4 Å². The van der Waals surface area contributed by atoms with E-state index in [4.69, 9.17) is 5.73 Å². The van der Waals surface area contributed by atoms with Gasteiger partial charge in [-0.15, -0.1) is 0 Å². The van der Waals surface area contributed by atoms with Crippen LogP contribution in [0.4, 0.5) is 0 Å². The molecule has 0 saturated heterocycles. The number of ether oxygens (including phenoxy) is 1. The standard InChI is InChI=1S/C12H17NO3/c1-8-6-9(12(2,15)7-13)4-5-10(8)11(14)16-3/h4-6,15H,7,13H2,1-3H3. The Balaban J connectivity index is 3.14. The lowest BCUT2D eigenvalue weighted by atomic mass is 9.93. The first kappa shape index (κ1) is 12.7. The normalized spacial score (nSPS) is 14.3. The number of rotatable bonds is 3. The lowest BCUT2D eigenvalue weighted by Crippen LogP contribution is -2.31. The highest BCUT2D eigenvalue weighted by molar-refractivity contribution is 5.91. The molecule has 0 saturated carbocycles. The third-order valence-electron chi connectivity index (χ3n) is 2.65. The Morgan fingerprint density at radius 2 is 2.19 bits per heavy atom. The number of methoxy groups -OCH3 is 1. The van der Waals surface area contributed by atoms with Gasteiger partial charge >= 0.3 is 5.97 Å². The Bertz CT molecular complexity index is 399. The summed E-state index contributed by atoms with van der Waals surface area (Å²) in [5.74, 6) is -0.378. The van der Waals surface area contributed by atoms with Gasteiger partial charge in [0.15, 0.2) is 0 Å². The third kappa shape index (κ3) is 2.40. The minimum absolute atomic E-state index is 0.129. The van der Waals surface area contributed by atoms with Crippen molar-refractivity contribution in [2.75, 3.05) is 13.7 Å². The second kappa shape index (κ2) is 4.63. The van der Waals surface area contributed by atoms with Crippen molar-refractivity contribution < 1.29 is 14.6 Å². The molecule has 0 amide bonds. The highest BCUT2D eigenvalue weighted by Crippen LogP contribution is 2.22. The molecule has 1 rings (SSSR count). The molecule has 0 radical (unpaired) electrons. The molecule has 0 aliphatic carbocycles. The van der Waals surface area contributed by atoms with Gasteiger partial charge in [-0.3, -0.25) is 0 Å². The molecule has 0 aliphatic rings. The molecule has 0 aliphatic heterocycles. The Morgan fingerprint density at radius 1 is 1.56 bits per heavy atom. The molecular weight excluding hydrogens is 206 g/mol. The Kier molecular flexibility index (Phi) is 3.67. The van der Waals surface area contributed by atoms with Crippen LogP contribution in [0.3, 0.4) is 0 Å². The highest BCUT2D eigenvalue weighted by atomic mass is 16.5. The summed E-state index contributed by atoms with van der Waals surface area (Å²) in [7, 11) is 1.34. The maximum Gasteiger partial charge on any atom is 0.338 e. The fourth-order valence-corrected chi connectivity index (χ4v) is 1.46. The summed E-state index contributed by atoms with van der Waals surface area (Å²) in [5, 5.41) is 9.96. The summed E-state index contributed by atoms with van der Waals surface area (Å²) in [6, 6.07) is 5.08. The van der Waals surface area contributed by atoms with E-state index in [0.29, 0.717) is 11.1 Å². The van der Waals surface area contributed by atoms with Crippen LogP contribution in [0.15, 0.2) is 18.2 Å². The largest absolute Gasteiger partial charge is 0.465 e. The van der Waals surface area contributed by atoms with Gasteiger partial charge in [-0.25, -0.2) is 4.79 Å². The molecule has 0 bridgehead atoms. The quantitative estimate of drug-likeness (QED) is 0.748. The van der Waals surface area contributed by atoms with Gasteiger partial charge in [0.1, 0.15) is 0 Å². The van der Waals surface area contributed by atoms with Crippen LogP contribution in [0.1, 0.15) is 28.4 Å². The van der Waals surface area contributed by atoms with Crippen LogP contribution in [0.25, 0.3) is 0 Å². The minimum atomic E-state index is -1.07. The van der Waals surface area contributed by atoms with E-state index in [1.807, 2.05) is 0 Å². The van der Waals surface area contributed by atoms with Gasteiger partial charge in [-0.1, -0.05) is 12.1 Å². The molecule has 4 nitrogen and oxygen atoms in total. The van der Waals surface area contributed by atoms with Gasteiger partial charge in [0.2, 0.25) is 0 Å². The molecule has 88 valence electrons. The minimum Gasteiger partial charge on any atom is -0.465 e. The summed E-state index contributed by atoms with van der Waals surface area (Å²) < 4.78 is 4.64. The topological polar surface area (TPSA) is 72.5 Å². The van der Waals surface area contributed by atoms with Gasteiger partial charge < -0.3 is 15.6 Å². The van der Waals surface area contributed by atoms with E-state index in [1.54, 1.807) is 32.0 Å². The number of esters is 1. The molecule has 16 heavy (non-hydrogen) atoms. The summed E-state index contributed by atoms with van der Waals surface area (Å²) >= 11 is 0. The Labute approximate surface area is 95.0 Å². The third-order valence-corrected chi connectivity index (χ3v) is 2.65. The first-order valence-electron chi connectivity index (χ1n) is 5.04. The maximum absolute atomic E-state index is 11.4. The van der Waals surface area contributed by atoms with E-state index in [-0.39, 0.29) is 12.5 Å². The molecular formula is C12H17NO3. The molecule has 0 fully saturated rings. The number of carbonyl (C=O) groups is 1. The fraction of sp³-hybridized carbons (Fsp3) is 0.417. The summed E-state index contributed by atoms with van der Waals surface area (Å²) in [4.78, 5) is 11.4. The zero-order valence-corrected chi connectivity index (χ0v) is 9.78. The number of nitrogens with two attached hydrogens (primary N) is 1. The molecule has 3 N–H and O–H groups in total. The van der Waals surface area contributed by atoms with Crippen LogP contribution in [0.5, 0.6) is 0 Å². The predicted molar refractivity (Wildman–Crippen MR) is 61.1 cm³/mol. The van der Waals surface area contributed by atoms with Crippen molar-refractivity contribution in [3.8, 4) is 0 Å². The van der Waals surface area contributed by atoms with Crippen molar-refractivity contribution in [3.05, 3.63) is 34.9 Å². The molecule has 1 aromatic rings. The van der Waals surface area contributed by atoms with Crippen molar-refractivity contribution in [3.63, 3.8) is 0 Å². The zero-order valence-electron chi connectivity index (χ0n) is 9.78. The second-order valence-electron chi connectivity index (χ2n) is 4.00. The van der Waals surface area contributed by atoms with Gasteiger partial charge in [-0.05, 0) is 31.0 Å². The first-order valence-corrected chi connectivity index (χ1v) is 5.04. The average molecular weight is 223 g/mol. The van der Waals surface area contributed by atoms with Crippen LogP contribution in [0.2, 0.25) is 0 Å². The number of aliphatic hydroxyl groups is 1. The number of benzene rings is 1. The first-order chi connectivity index (χ1) is 7.42. The van der Waals surface area contributed by atoms with E-state index in [2.05, 4.69) is 4.74 Å². The van der Waals surface area contributed by atoms with Crippen molar-refractivity contribution in [1.29, 1.82) is 0 Å². The molecule has 1 atom stereocenters. The van der Waals surface area contributed by atoms with Gasteiger partial charge in [0.25, 0.3) is 0 Å². The molecule has 1 aromatic carbocycles.